The molecule has 0 radical (unpaired) electrons. The van der Waals surface area contributed by atoms with E-state index in [1.54, 1.807) is 0 Å². The Balaban J connectivity index is 2.14. The Morgan fingerprint density at radius 1 is 1.09 bits per heavy atom. The Morgan fingerprint density at radius 2 is 1.75 bits per heavy atom. The Hall–Kier alpha value is -3.03. The average molecular weight is 472 g/mol. The van der Waals surface area contributed by atoms with Crippen molar-refractivity contribution >= 4 is 34.9 Å². The van der Waals surface area contributed by atoms with Crippen molar-refractivity contribution in [2.75, 3.05) is 31.4 Å². The first-order valence-corrected chi connectivity index (χ1v) is 9.62. The normalized spacial score (nSPS) is 11.9. The van der Waals surface area contributed by atoms with Crippen molar-refractivity contribution in [1.29, 1.82) is 0 Å². The average Bonchev–Trinajstić information content (AvgIpc) is 2.66. The van der Waals surface area contributed by atoms with Crippen LogP contribution in [0, 0.1) is 13.8 Å². The Morgan fingerprint density at radius 3 is 2.34 bits per heavy atom. The molecule has 174 valence electrons. The van der Waals surface area contributed by atoms with Crippen molar-refractivity contribution in [2.45, 2.75) is 26.5 Å². The molecule has 0 unspecified atom stereocenters. The number of hydrogen-bond acceptors (Lipinski definition) is 7. The van der Waals surface area contributed by atoms with Crippen LogP contribution < -0.4 is 20.7 Å². The number of benzene rings is 1. The van der Waals surface area contributed by atoms with Gasteiger partial charge >= 0.3 is 6.36 Å². The zero-order chi connectivity index (χ0) is 23.7. The molecule has 32 heavy (non-hydrogen) atoms. The van der Waals surface area contributed by atoms with E-state index < -0.39 is 12.7 Å². The summed E-state index contributed by atoms with van der Waals surface area (Å²) < 4.78 is 51.5. The van der Waals surface area contributed by atoms with Gasteiger partial charge in [0.05, 0.1) is 6.54 Å². The summed E-state index contributed by atoms with van der Waals surface area (Å²) in [5, 5.41) is 8.58. The molecule has 0 aliphatic carbocycles. The first-order valence-electron chi connectivity index (χ1n) is 9.21. The molecule has 13 heteroatoms. The number of aliphatic imine (C=N–C) groups is 1. The van der Waals surface area contributed by atoms with E-state index >= 15 is 0 Å². The number of nitrogens with one attached hydrogen (secondary N) is 3. The molecule has 0 amide bonds. The molecule has 3 N–H and O–H groups in total. The maximum Gasteiger partial charge on any atom is 0.573 e. The molecule has 9 nitrogen and oxygen atoms in total. The van der Waals surface area contributed by atoms with Crippen LogP contribution in [0.5, 0.6) is 5.75 Å². The van der Waals surface area contributed by atoms with E-state index in [9.17, 15) is 13.2 Å². The predicted molar refractivity (Wildman–Crippen MR) is 118 cm³/mol. The molecule has 0 bridgehead atoms. The second-order valence-electron chi connectivity index (χ2n) is 6.34. The number of aromatic nitrogens is 2. The Kier molecular flexibility index (Phi) is 9.11. The summed E-state index contributed by atoms with van der Waals surface area (Å²) >= 11 is 5.26. The molecular formula is C19H23F3N6O3S. The highest BCUT2D eigenvalue weighted by Gasteiger charge is 2.31. The standard InChI is InChI=1S/C19H23F3N6O3S/c1-11-8-12(2)25-17(24-11)27-16(23-10-15(29-3)30-4)28-18(32)26-13-6-5-7-14(9-13)31-19(20,21)22/h5-9,15H,10H2,1-4H3,(H3,23,24,25,26,27,28,32). The lowest BCUT2D eigenvalue weighted by Gasteiger charge is -2.16. The van der Waals surface area contributed by atoms with Crippen LogP contribution in [-0.2, 0) is 9.47 Å². The highest BCUT2D eigenvalue weighted by atomic mass is 32.1. The second-order valence-corrected chi connectivity index (χ2v) is 6.75. The van der Waals surface area contributed by atoms with Crippen LogP contribution in [0.1, 0.15) is 11.4 Å². The minimum absolute atomic E-state index is 0.0520. The Labute approximate surface area is 188 Å². The highest BCUT2D eigenvalue weighted by Crippen LogP contribution is 2.25. The fourth-order valence-electron chi connectivity index (χ4n) is 2.45. The van der Waals surface area contributed by atoms with Crippen molar-refractivity contribution < 1.29 is 27.4 Å². The molecule has 0 aliphatic rings. The molecule has 1 aromatic carbocycles. The van der Waals surface area contributed by atoms with Gasteiger partial charge in [-0.15, -0.1) is 13.2 Å². The van der Waals surface area contributed by atoms with Crippen molar-refractivity contribution in [1.82, 2.24) is 15.3 Å². The molecule has 0 saturated carbocycles. The number of alkyl halides is 3. The summed E-state index contributed by atoms with van der Waals surface area (Å²) in [5.74, 6) is 0.0711. The summed E-state index contributed by atoms with van der Waals surface area (Å²) in [4.78, 5) is 12.9. The van der Waals surface area contributed by atoms with Crippen LogP contribution in [0.3, 0.4) is 0 Å². The summed E-state index contributed by atoms with van der Waals surface area (Å²) in [6.07, 6.45) is -5.40. The van der Waals surface area contributed by atoms with Gasteiger partial charge in [0.2, 0.25) is 11.9 Å². The van der Waals surface area contributed by atoms with Gasteiger partial charge in [-0.05, 0) is 44.3 Å². The smallest absolute Gasteiger partial charge is 0.406 e. The third kappa shape index (κ3) is 8.99. The molecule has 2 rings (SSSR count). The van der Waals surface area contributed by atoms with Gasteiger partial charge in [0.25, 0.3) is 0 Å². The number of anilines is 2. The zero-order valence-corrected chi connectivity index (χ0v) is 18.6. The van der Waals surface area contributed by atoms with E-state index in [-0.39, 0.29) is 35.0 Å². The van der Waals surface area contributed by atoms with Gasteiger partial charge in [0.15, 0.2) is 11.4 Å². The third-order valence-electron chi connectivity index (χ3n) is 3.69. The van der Waals surface area contributed by atoms with Gasteiger partial charge in [-0.1, -0.05) is 6.07 Å². The lowest BCUT2D eigenvalue weighted by atomic mass is 10.3. The number of aryl methyl sites for hydroxylation is 2. The number of rotatable bonds is 7. The maximum absolute atomic E-state index is 12.4. The van der Waals surface area contributed by atoms with E-state index in [1.165, 1.54) is 32.4 Å². The first-order chi connectivity index (χ1) is 15.1. The number of thiocarbonyl (C=S) groups is 1. The number of guanidine groups is 1. The van der Waals surface area contributed by atoms with Crippen molar-refractivity contribution in [3.05, 3.63) is 41.7 Å². The first kappa shape index (κ1) is 25.2. The maximum atomic E-state index is 12.4. The fourth-order valence-corrected chi connectivity index (χ4v) is 2.66. The zero-order valence-electron chi connectivity index (χ0n) is 17.8. The summed E-state index contributed by atoms with van der Waals surface area (Å²) in [6.45, 7) is 3.75. The summed E-state index contributed by atoms with van der Waals surface area (Å²) in [5.41, 5.74) is 1.76. The largest absolute Gasteiger partial charge is 0.573 e. The van der Waals surface area contributed by atoms with Crippen molar-refractivity contribution in [3.8, 4) is 5.75 Å². The molecule has 2 aromatic rings. The van der Waals surface area contributed by atoms with Gasteiger partial charge in [0, 0.05) is 37.4 Å². The van der Waals surface area contributed by atoms with Crippen LogP contribution in [0.15, 0.2) is 35.3 Å². The van der Waals surface area contributed by atoms with E-state index in [1.807, 2.05) is 19.9 Å². The highest BCUT2D eigenvalue weighted by molar-refractivity contribution is 7.80. The number of ether oxygens (including phenoxy) is 3. The molecule has 1 aromatic heterocycles. The number of halogens is 3. The quantitative estimate of drug-likeness (QED) is 0.242. The fraction of sp³-hybridized carbons (Fsp3) is 0.368. The van der Waals surface area contributed by atoms with Crippen LogP contribution in [0.2, 0.25) is 0 Å². The number of methoxy groups -OCH3 is 2. The minimum Gasteiger partial charge on any atom is -0.406 e. The van der Waals surface area contributed by atoms with Crippen molar-refractivity contribution in [2.24, 2.45) is 4.99 Å². The topological polar surface area (TPSA) is 102 Å². The summed E-state index contributed by atoms with van der Waals surface area (Å²) in [7, 11) is 2.94. The monoisotopic (exact) mass is 472 g/mol. The molecule has 0 aliphatic heterocycles. The third-order valence-corrected chi connectivity index (χ3v) is 3.90. The van der Waals surface area contributed by atoms with E-state index in [2.05, 4.69) is 35.6 Å². The molecule has 0 fully saturated rings. The SMILES string of the molecule is COC(CN=C(NC(=S)Nc1cccc(OC(F)(F)F)c1)Nc1nc(C)cc(C)n1)OC. The lowest BCUT2D eigenvalue weighted by molar-refractivity contribution is -0.274. The lowest BCUT2D eigenvalue weighted by Crippen LogP contribution is -2.40. The van der Waals surface area contributed by atoms with Crippen LogP contribution in [0.4, 0.5) is 24.8 Å². The van der Waals surface area contributed by atoms with E-state index in [0.717, 1.165) is 17.5 Å². The Bertz CT molecular complexity index is 934. The van der Waals surface area contributed by atoms with Crippen molar-refractivity contribution in [3.63, 3.8) is 0 Å². The summed E-state index contributed by atoms with van der Waals surface area (Å²) in [6, 6.07) is 7.06. The molecular weight excluding hydrogens is 449 g/mol. The van der Waals surface area contributed by atoms with Gasteiger partial charge < -0.3 is 24.8 Å². The molecule has 0 atom stereocenters. The number of hydrogen-bond donors (Lipinski definition) is 3. The van der Waals surface area contributed by atoms with Gasteiger partial charge in [-0.3, -0.25) is 5.32 Å². The van der Waals surface area contributed by atoms with Crippen LogP contribution in [-0.4, -0.2) is 54.5 Å². The van der Waals surface area contributed by atoms with Gasteiger partial charge in [-0.2, -0.15) is 0 Å². The number of nitrogens with zero attached hydrogens (tertiary/aromatic N) is 3. The molecule has 0 saturated heterocycles. The molecule has 0 spiro atoms. The minimum atomic E-state index is -4.80. The van der Waals surface area contributed by atoms with Crippen LogP contribution >= 0.6 is 12.2 Å². The van der Waals surface area contributed by atoms with E-state index in [4.69, 9.17) is 21.7 Å². The molecule has 1 heterocycles. The second kappa shape index (κ2) is 11.5. The van der Waals surface area contributed by atoms with E-state index in [0.29, 0.717) is 0 Å². The predicted octanol–water partition coefficient (Wildman–Crippen LogP) is 3.37. The van der Waals surface area contributed by atoms with Gasteiger partial charge in [-0.25, -0.2) is 15.0 Å². The van der Waals surface area contributed by atoms with Gasteiger partial charge in [0.1, 0.15) is 5.75 Å². The van der Waals surface area contributed by atoms with Crippen LogP contribution in [0.25, 0.3) is 0 Å².